The standard InChI is InChI=1S/C20H27ClN4O2/c1-24(2)13-15-7-3-5-9-17(15)22-20(26)18-11-12-25(23-18)14-27-19-10-6-4-8-16(19)21/h4,6,8,10-12,15,17H,3,5,7,9,13-14H2,1-2H3,(H,22,26). The van der Waals surface area contributed by atoms with Crippen LogP contribution in [0.3, 0.4) is 0 Å². The molecule has 1 saturated carbocycles. The molecule has 0 aliphatic heterocycles. The lowest BCUT2D eigenvalue weighted by molar-refractivity contribution is 0.0888. The van der Waals surface area contributed by atoms with Crippen molar-refractivity contribution in [3.8, 4) is 5.75 Å². The molecule has 2 aromatic rings. The van der Waals surface area contributed by atoms with E-state index in [1.54, 1.807) is 29.1 Å². The fraction of sp³-hybridized carbons (Fsp3) is 0.500. The quantitative estimate of drug-likeness (QED) is 0.786. The molecule has 3 rings (SSSR count). The van der Waals surface area contributed by atoms with Crippen LogP contribution >= 0.6 is 11.6 Å². The first-order valence-corrected chi connectivity index (χ1v) is 9.77. The Morgan fingerprint density at radius 2 is 2.07 bits per heavy atom. The molecule has 1 aromatic carbocycles. The number of rotatable bonds is 7. The second-order valence-corrected chi connectivity index (χ2v) is 7.74. The molecule has 2 unspecified atom stereocenters. The number of aromatic nitrogens is 2. The molecule has 1 aliphatic rings. The maximum Gasteiger partial charge on any atom is 0.272 e. The molecular weight excluding hydrogens is 364 g/mol. The molecule has 0 bridgehead atoms. The van der Waals surface area contributed by atoms with Gasteiger partial charge in [0.15, 0.2) is 6.73 Å². The van der Waals surface area contributed by atoms with Crippen molar-refractivity contribution in [2.24, 2.45) is 5.92 Å². The molecule has 27 heavy (non-hydrogen) atoms. The molecule has 1 amide bonds. The highest BCUT2D eigenvalue weighted by Crippen LogP contribution is 2.25. The van der Waals surface area contributed by atoms with Crippen LogP contribution in [0.4, 0.5) is 0 Å². The Bertz CT molecular complexity index is 762. The predicted octanol–water partition coefficient (Wildman–Crippen LogP) is 3.42. The first-order valence-electron chi connectivity index (χ1n) is 9.39. The lowest BCUT2D eigenvalue weighted by Crippen LogP contribution is -2.45. The third kappa shape index (κ3) is 5.47. The van der Waals surface area contributed by atoms with E-state index >= 15 is 0 Å². The second-order valence-electron chi connectivity index (χ2n) is 7.33. The average molecular weight is 391 g/mol. The Balaban J connectivity index is 1.57. The highest BCUT2D eigenvalue weighted by molar-refractivity contribution is 6.32. The van der Waals surface area contributed by atoms with Gasteiger partial charge in [-0.15, -0.1) is 0 Å². The highest BCUT2D eigenvalue weighted by Gasteiger charge is 2.27. The molecule has 0 radical (unpaired) electrons. The van der Waals surface area contributed by atoms with Gasteiger partial charge in [-0.2, -0.15) is 5.10 Å². The number of benzene rings is 1. The Morgan fingerprint density at radius 3 is 2.85 bits per heavy atom. The van der Waals surface area contributed by atoms with E-state index in [-0.39, 0.29) is 18.7 Å². The molecular formula is C20H27ClN4O2. The molecule has 0 saturated heterocycles. The van der Waals surface area contributed by atoms with Gasteiger partial charge in [0.2, 0.25) is 0 Å². The average Bonchev–Trinajstić information content (AvgIpc) is 3.11. The van der Waals surface area contributed by atoms with Crippen molar-refractivity contribution in [1.29, 1.82) is 0 Å². The van der Waals surface area contributed by atoms with Crippen LogP contribution < -0.4 is 10.1 Å². The number of para-hydroxylation sites is 1. The minimum Gasteiger partial charge on any atom is -0.470 e. The fourth-order valence-corrected chi connectivity index (χ4v) is 3.77. The number of carbonyl (C=O) groups excluding carboxylic acids is 1. The maximum absolute atomic E-state index is 12.6. The summed E-state index contributed by atoms with van der Waals surface area (Å²) in [5.41, 5.74) is 0.409. The van der Waals surface area contributed by atoms with Crippen LogP contribution in [0, 0.1) is 5.92 Å². The number of halogens is 1. The number of nitrogens with zero attached hydrogens (tertiary/aromatic N) is 3. The Morgan fingerprint density at radius 1 is 1.30 bits per heavy atom. The van der Waals surface area contributed by atoms with Crippen LogP contribution in [0.25, 0.3) is 0 Å². The third-order valence-electron chi connectivity index (χ3n) is 4.89. The lowest BCUT2D eigenvalue weighted by Gasteiger charge is -2.33. The third-order valence-corrected chi connectivity index (χ3v) is 5.20. The van der Waals surface area contributed by atoms with Gasteiger partial charge >= 0.3 is 0 Å². The molecule has 6 nitrogen and oxygen atoms in total. The topological polar surface area (TPSA) is 59.4 Å². The van der Waals surface area contributed by atoms with Crippen LogP contribution in [-0.4, -0.2) is 47.3 Å². The maximum atomic E-state index is 12.6. The summed E-state index contributed by atoms with van der Waals surface area (Å²) < 4.78 is 7.25. The Labute approximate surface area is 165 Å². The predicted molar refractivity (Wildman–Crippen MR) is 106 cm³/mol. The molecule has 7 heteroatoms. The van der Waals surface area contributed by atoms with E-state index in [1.807, 2.05) is 12.1 Å². The normalized spacial score (nSPS) is 19.9. The molecule has 1 N–H and O–H groups in total. The van der Waals surface area contributed by atoms with Gasteiger partial charge in [-0.25, -0.2) is 4.68 Å². The zero-order chi connectivity index (χ0) is 19.2. The van der Waals surface area contributed by atoms with E-state index in [1.165, 1.54) is 6.42 Å². The van der Waals surface area contributed by atoms with Crippen molar-refractivity contribution < 1.29 is 9.53 Å². The van der Waals surface area contributed by atoms with E-state index in [9.17, 15) is 4.79 Å². The first kappa shape index (κ1) is 19.7. The zero-order valence-electron chi connectivity index (χ0n) is 15.9. The van der Waals surface area contributed by atoms with Gasteiger partial charge in [-0.05, 0) is 51.1 Å². The van der Waals surface area contributed by atoms with Crippen LogP contribution in [0.1, 0.15) is 36.2 Å². The van der Waals surface area contributed by atoms with Crippen LogP contribution in [0.5, 0.6) is 5.75 Å². The smallest absolute Gasteiger partial charge is 0.272 e. The van der Waals surface area contributed by atoms with E-state index in [4.69, 9.17) is 16.3 Å². The Kier molecular flexibility index (Phi) is 6.74. The number of carbonyl (C=O) groups is 1. The molecule has 1 fully saturated rings. The number of hydrogen-bond donors (Lipinski definition) is 1. The van der Waals surface area contributed by atoms with Gasteiger partial charge in [0, 0.05) is 18.8 Å². The second kappa shape index (κ2) is 9.24. The Hall–Kier alpha value is -2.05. The van der Waals surface area contributed by atoms with E-state index < -0.39 is 0 Å². The zero-order valence-corrected chi connectivity index (χ0v) is 16.7. The van der Waals surface area contributed by atoms with Crippen LogP contribution in [-0.2, 0) is 6.73 Å². The van der Waals surface area contributed by atoms with Crippen LogP contribution in [0.15, 0.2) is 36.5 Å². The highest BCUT2D eigenvalue weighted by atomic mass is 35.5. The largest absolute Gasteiger partial charge is 0.470 e. The van der Waals surface area contributed by atoms with Crippen molar-refractivity contribution in [3.63, 3.8) is 0 Å². The van der Waals surface area contributed by atoms with Gasteiger partial charge < -0.3 is 15.0 Å². The van der Waals surface area contributed by atoms with Gasteiger partial charge in [-0.1, -0.05) is 36.6 Å². The number of nitrogens with one attached hydrogen (secondary N) is 1. The summed E-state index contributed by atoms with van der Waals surface area (Å²) in [7, 11) is 4.16. The summed E-state index contributed by atoms with van der Waals surface area (Å²) in [5, 5.41) is 8.06. The minimum atomic E-state index is -0.123. The summed E-state index contributed by atoms with van der Waals surface area (Å²) in [6.45, 7) is 1.19. The van der Waals surface area contributed by atoms with Gasteiger partial charge in [0.05, 0.1) is 5.02 Å². The summed E-state index contributed by atoms with van der Waals surface area (Å²) in [5.74, 6) is 0.958. The van der Waals surface area contributed by atoms with E-state index in [2.05, 4.69) is 29.4 Å². The molecule has 1 aromatic heterocycles. The van der Waals surface area contributed by atoms with Crippen LogP contribution in [0.2, 0.25) is 5.02 Å². The number of hydrogen-bond acceptors (Lipinski definition) is 4. The van der Waals surface area contributed by atoms with Gasteiger partial charge in [0.1, 0.15) is 11.4 Å². The monoisotopic (exact) mass is 390 g/mol. The lowest BCUT2D eigenvalue weighted by atomic mass is 9.84. The van der Waals surface area contributed by atoms with Crippen molar-refractivity contribution in [2.45, 2.75) is 38.5 Å². The molecule has 146 valence electrons. The minimum absolute atomic E-state index is 0.123. The van der Waals surface area contributed by atoms with E-state index in [0.717, 1.165) is 25.8 Å². The number of amides is 1. The fourth-order valence-electron chi connectivity index (χ4n) is 3.58. The van der Waals surface area contributed by atoms with Crippen molar-refractivity contribution >= 4 is 17.5 Å². The molecule has 1 aliphatic carbocycles. The number of ether oxygens (including phenoxy) is 1. The first-order chi connectivity index (χ1) is 13.0. The summed E-state index contributed by atoms with van der Waals surface area (Å²) in [6.07, 6.45) is 6.32. The van der Waals surface area contributed by atoms with Crippen molar-refractivity contribution in [2.75, 3.05) is 20.6 Å². The molecule has 2 atom stereocenters. The van der Waals surface area contributed by atoms with E-state index in [0.29, 0.717) is 22.4 Å². The SMILES string of the molecule is CN(C)CC1CCCCC1NC(=O)c1ccn(COc2ccccc2Cl)n1. The van der Waals surface area contributed by atoms with Gasteiger partial charge in [-0.3, -0.25) is 4.79 Å². The summed E-state index contributed by atoms with van der Waals surface area (Å²) in [4.78, 5) is 14.8. The molecule has 0 spiro atoms. The molecule has 1 heterocycles. The van der Waals surface area contributed by atoms with Crippen molar-refractivity contribution in [1.82, 2.24) is 20.0 Å². The van der Waals surface area contributed by atoms with Crippen molar-refractivity contribution in [3.05, 3.63) is 47.2 Å². The summed E-state index contributed by atoms with van der Waals surface area (Å²) >= 11 is 6.08. The van der Waals surface area contributed by atoms with Gasteiger partial charge in [0.25, 0.3) is 5.91 Å². The summed E-state index contributed by atoms with van der Waals surface area (Å²) in [6, 6.07) is 9.20.